The third kappa shape index (κ3) is 7.14. The standard InChI is InChI=1S/C12H23NO2S/c1-12(2,3)16-15-9-7-13-10-11-6-4-5-8-14-11/h6,13H,4-5,7-10H2,1-3H3. The predicted molar refractivity (Wildman–Crippen MR) is 69.4 cm³/mol. The monoisotopic (exact) mass is 245 g/mol. The van der Waals surface area contributed by atoms with Gasteiger partial charge in [-0.25, -0.2) is 0 Å². The Morgan fingerprint density at radius 2 is 2.31 bits per heavy atom. The number of allylic oxidation sites excluding steroid dienone is 1. The number of ether oxygens (including phenoxy) is 1. The van der Waals surface area contributed by atoms with Crippen LogP contribution >= 0.6 is 12.0 Å². The predicted octanol–water partition coefficient (Wildman–Crippen LogP) is 2.73. The molecule has 1 heterocycles. The average molecular weight is 245 g/mol. The van der Waals surface area contributed by atoms with E-state index in [1.165, 1.54) is 12.0 Å². The van der Waals surface area contributed by atoms with Gasteiger partial charge < -0.3 is 14.2 Å². The SMILES string of the molecule is CC(C)(C)SOCCNCC1=CCCCO1. The zero-order valence-electron chi connectivity index (χ0n) is 10.5. The molecule has 16 heavy (non-hydrogen) atoms. The molecule has 0 unspecified atom stereocenters. The van der Waals surface area contributed by atoms with Gasteiger partial charge in [0.05, 0.1) is 19.8 Å². The first-order chi connectivity index (χ1) is 7.58. The van der Waals surface area contributed by atoms with Crippen LogP contribution in [0.5, 0.6) is 0 Å². The van der Waals surface area contributed by atoms with Crippen LogP contribution in [0, 0.1) is 0 Å². The van der Waals surface area contributed by atoms with Gasteiger partial charge in [-0.1, -0.05) is 0 Å². The smallest absolute Gasteiger partial charge is 0.106 e. The van der Waals surface area contributed by atoms with E-state index in [1.807, 2.05) is 0 Å². The zero-order valence-corrected chi connectivity index (χ0v) is 11.4. The maximum atomic E-state index is 5.49. The first-order valence-corrected chi connectivity index (χ1v) is 6.65. The Hall–Kier alpha value is -0.190. The van der Waals surface area contributed by atoms with Crippen LogP contribution in [0.1, 0.15) is 33.6 Å². The summed E-state index contributed by atoms with van der Waals surface area (Å²) < 4.78 is 11.1. The second kappa shape index (κ2) is 7.20. The van der Waals surface area contributed by atoms with Crippen LogP contribution in [0.4, 0.5) is 0 Å². The normalized spacial score (nSPS) is 16.8. The van der Waals surface area contributed by atoms with Crippen molar-refractivity contribution in [1.82, 2.24) is 5.32 Å². The van der Waals surface area contributed by atoms with Gasteiger partial charge in [-0.2, -0.15) is 0 Å². The molecule has 0 spiro atoms. The van der Waals surface area contributed by atoms with Gasteiger partial charge in [-0.15, -0.1) is 0 Å². The van der Waals surface area contributed by atoms with Gasteiger partial charge >= 0.3 is 0 Å². The molecule has 0 fully saturated rings. The van der Waals surface area contributed by atoms with Crippen molar-refractivity contribution in [1.29, 1.82) is 0 Å². The lowest BCUT2D eigenvalue weighted by molar-refractivity contribution is 0.185. The fourth-order valence-electron chi connectivity index (χ4n) is 1.28. The summed E-state index contributed by atoms with van der Waals surface area (Å²) in [7, 11) is 0. The van der Waals surface area contributed by atoms with E-state index in [-0.39, 0.29) is 4.75 Å². The Morgan fingerprint density at radius 3 is 2.94 bits per heavy atom. The number of rotatable bonds is 6. The van der Waals surface area contributed by atoms with E-state index in [4.69, 9.17) is 8.92 Å². The van der Waals surface area contributed by atoms with Crippen molar-refractivity contribution in [2.75, 3.05) is 26.3 Å². The molecule has 1 rings (SSSR count). The summed E-state index contributed by atoms with van der Waals surface area (Å²) in [6, 6.07) is 0. The van der Waals surface area contributed by atoms with Crippen molar-refractivity contribution < 1.29 is 8.92 Å². The summed E-state index contributed by atoms with van der Waals surface area (Å²) in [4.78, 5) is 0. The molecular formula is C12H23NO2S. The molecule has 0 aromatic carbocycles. The first-order valence-electron chi connectivity index (χ1n) is 5.91. The Kier molecular flexibility index (Phi) is 6.24. The van der Waals surface area contributed by atoms with Crippen LogP contribution in [0.3, 0.4) is 0 Å². The highest BCUT2D eigenvalue weighted by molar-refractivity contribution is 7.96. The van der Waals surface area contributed by atoms with Crippen molar-refractivity contribution in [2.24, 2.45) is 0 Å². The van der Waals surface area contributed by atoms with Gasteiger partial charge in [0.15, 0.2) is 0 Å². The van der Waals surface area contributed by atoms with Crippen LogP contribution in [-0.2, 0) is 8.92 Å². The quantitative estimate of drug-likeness (QED) is 0.576. The lowest BCUT2D eigenvalue weighted by Gasteiger charge is -2.17. The fraction of sp³-hybridized carbons (Fsp3) is 0.833. The molecule has 1 aliphatic rings. The molecule has 1 N–H and O–H groups in total. The maximum absolute atomic E-state index is 5.49. The minimum Gasteiger partial charge on any atom is -0.497 e. The summed E-state index contributed by atoms with van der Waals surface area (Å²) in [5, 5.41) is 3.31. The molecular weight excluding hydrogens is 222 g/mol. The van der Waals surface area contributed by atoms with E-state index >= 15 is 0 Å². The van der Waals surface area contributed by atoms with E-state index in [9.17, 15) is 0 Å². The van der Waals surface area contributed by atoms with Crippen molar-refractivity contribution in [2.45, 2.75) is 38.4 Å². The van der Waals surface area contributed by atoms with Gasteiger partial charge in [0.1, 0.15) is 5.76 Å². The van der Waals surface area contributed by atoms with Crippen molar-refractivity contribution in [3.05, 3.63) is 11.8 Å². The Labute approximate surface area is 103 Å². The van der Waals surface area contributed by atoms with Crippen LogP contribution in [-0.4, -0.2) is 31.1 Å². The van der Waals surface area contributed by atoms with Crippen molar-refractivity contribution >= 4 is 12.0 Å². The third-order valence-corrected chi connectivity index (χ3v) is 2.76. The molecule has 94 valence electrons. The minimum absolute atomic E-state index is 0.176. The van der Waals surface area contributed by atoms with Crippen molar-refractivity contribution in [3.63, 3.8) is 0 Å². The summed E-state index contributed by atoms with van der Waals surface area (Å²) in [6.07, 6.45) is 4.46. The number of hydrogen-bond donors (Lipinski definition) is 1. The molecule has 0 aromatic rings. The summed E-state index contributed by atoms with van der Waals surface area (Å²) in [5.41, 5.74) is 0. The molecule has 3 nitrogen and oxygen atoms in total. The molecule has 4 heteroatoms. The molecule has 0 atom stereocenters. The second-order valence-corrected chi connectivity index (χ2v) is 6.48. The van der Waals surface area contributed by atoms with E-state index in [2.05, 4.69) is 32.2 Å². The van der Waals surface area contributed by atoms with Gasteiger partial charge in [0, 0.05) is 11.3 Å². The zero-order chi connectivity index (χ0) is 11.9. The lowest BCUT2D eigenvalue weighted by atomic mass is 10.2. The maximum Gasteiger partial charge on any atom is 0.106 e. The average Bonchev–Trinajstić information content (AvgIpc) is 2.23. The first kappa shape index (κ1) is 13.9. The summed E-state index contributed by atoms with van der Waals surface area (Å²) in [5.74, 6) is 1.08. The molecule has 0 aromatic heterocycles. The Bertz CT molecular complexity index is 224. The van der Waals surface area contributed by atoms with Gasteiger partial charge in [-0.3, -0.25) is 0 Å². The number of nitrogens with one attached hydrogen (secondary N) is 1. The van der Waals surface area contributed by atoms with E-state index in [1.54, 1.807) is 0 Å². The van der Waals surface area contributed by atoms with Crippen LogP contribution in [0.15, 0.2) is 11.8 Å². The van der Waals surface area contributed by atoms with Crippen LogP contribution < -0.4 is 5.32 Å². The van der Waals surface area contributed by atoms with Gasteiger partial charge in [-0.05, 0) is 51.7 Å². The van der Waals surface area contributed by atoms with Crippen LogP contribution in [0.25, 0.3) is 0 Å². The molecule has 0 saturated carbocycles. The van der Waals surface area contributed by atoms with Gasteiger partial charge in [0.25, 0.3) is 0 Å². The van der Waals surface area contributed by atoms with E-state index in [0.717, 1.165) is 44.9 Å². The topological polar surface area (TPSA) is 30.5 Å². The second-order valence-electron chi connectivity index (χ2n) is 4.86. The largest absolute Gasteiger partial charge is 0.497 e. The molecule has 0 radical (unpaired) electrons. The van der Waals surface area contributed by atoms with Gasteiger partial charge in [0.2, 0.25) is 0 Å². The molecule has 0 aliphatic carbocycles. The Balaban J connectivity index is 1.94. The third-order valence-electron chi connectivity index (χ3n) is 1.98. The molecule has 0 amide bonds. The molecule has 1 aliphatic heterocycles. The van der Waals surface area contributed by atoms with Crippen LogP contribution in [0.2, 0.25) is 0 Å². The molecule has 0 saturated heterocycles. The van der Waals surface area contributed by atoms with Crippen molar-refractivity contribution in [3.8, 4) is 0 Å². The minimum atomic E-state index is 0.176. The summed E-state index contributed by atoms with van der Waals surface area (Å²) >= 11 is 1.53. The highest BCUT2D eigenvalue weighted by Gasteiger charge is 2.11. The molecule has 0 bridgehead atoms. The highest BCUT2D eigenvalue weighted by Crippen LogP contribution is 2.23. The Morgan fingerprint density at radius 1 is 1.50 bits per heavy atom. The lowest BCUT2D eigenvalue weighted by Crippen LogP contribution is -2.24. The summed E-state index contributed by atoms with van der Waals surface area (Å²) in [6.45, 7) is 9.72. The highest BCUT2D eigenvalue weighted by atomic mass is 32.2. The van der Waals surface area contributed by atoms with E-state index in [0.29, 0.717) is 0 Å². The van der Waals surface area contributed by atoms with E-state index < -0.39 is 0 Å². The number of hydrogen-bond acceptors (Lipinski definition) is 4. The fourth-order valence-corrected chi connectivity index (χ4v) is 1.80.